The summed E-state index contributed by atoms with van der Waals surface area (Å²) < 4.78 is 7.30. The molecular formula is C19H24N2O3. The zero-order valence-corrected chi connectivity index (χ0v) is 14.7. The fraction of sp³-hybridized carbons (Fsp3) is 0.368. The standard InChI is InChI=1S/C19H24N2O3/c1-6-9-24-17-10-14(7-8-16(17)13(2)3)15-11-20-21(12-15)19(4,5)18(22)23/h7-8,10-12H,2,6,9H2,1,3-5H3,(H,22,23). The van der Waals surface area contributed by atoms with E-state index in [0.29, 0.717) is 6.61 Å². The van der Waals surface area contributed by atoms with E-state index >= 15 is 0 Å². The summed E-state index contributed by atoms with van der Waals surface area (Å²) in [7, 11) is 0. The van der Waals surface area contributed by atoms with Crippen LogP contribution in [0.1, 0.15) is 39.7 Å². The molecule has 1 N–H and O–H groups in total. The molecule has 2 aromatic rings. The van der Waals surface area contributed by atoms with Gasteiger partial charge in [-0.2, -0.15) is 5.10 Å². The third kappa shape index (κ3) is 3.50. The Labute approximate surface area is 142 Å². The molecule has 1 aromatic heterocycles. The number of carbonyl (C=O) groups is 1. The van der Waals surface area contributed by atoms with Gasteiger partial charge in [-0.1, -0.05) is 25.6 Å². The number of hydrogen-bond acceptors (Lipinski definition) is 3. The fourth-order valence-corrected chi connectivity index (χ4v) is 2.26. The predicted octanol–water partition coefficient (Wildman–Crippen LogP) is 4.19. The van der Waals surface area contributed by atoms with Crippen LogP contribution in [0, 0.1) is 0 Å². The molecule has 0 aliphatic rings. The third-order valence-electron chi connectivity index (χ3n) is 3.92. The molecule has 0 atom stereocenters. The summed E-state index contributed by atoms with van der Waals surface area (Å²) in [6.45, 7) is 11.9. The minimum absolute atomic E-state index is 0.634. The Kier molecular flexibility index (Phi) is 5.12. The molecule has 24 heavy (non-hydrogen) atoms. The first-order valence-electron chi connectivity index (χ1n) is 7.99. The lowest BCUT2D eigenvalue weighted by molar-refractivity contribution is -0.146. The highest BCUT2D eigenvalue weighted by Gasteiger charge is 2.30. The minimum Gasteiger partial charge on any atom is -0.493 e. The monoisotopic (exact) mass is 328 g/mol. The van der Waals surface area contributed by atoms with Gasteiger partial charge in [0.1, 0.15) is 5.75 Å². The van der Waals surface area contributed by atoms with Crippen LogP contribution in [0.4, 0.5) is 0 Å². The predicted molar refractivity (Wildman–Crippen MR) is 95.1 cm³/mol. The Morgan fingerprint density at radius 1 is 1.38 bits per heavy atom. The zero-order chi connectivity index (χ0) is 17.9. The Balaban J connectivity index is 2.41. The minimum atomic E-state index is -1.10. The molecule has 1 aromatic carbocycles. The first-order valence-corrected chi connectivity index (χ1v) is 7.99. The number of ether oxygens (including phenoxy) is 1. The van der Waals surface area contributed by atoms with Crippen molar-refractivity contribution in [3.8, 4) is 16.9 Å². The van der Waals surface area contributed by atoms with Crippen molar-refractivity contribution in [1.29, 1.82) is 0 Å². The van der Waals surface area contributed by atoms with Gasteiger partial charge in [-0.15, -0.1) is 0 Å². The van der Waals surface area contributed by atoms with Crippen molar-refractivity contribution in [2.45, 2.75) is 39.7 Å². The average Bonchev–Trinajstić information content (AvgIpc) is 3.03. The van der Waals surface area contributed by atoms with Gasteiger partial charge in [-0.3, -0.25) is 4.68 Å². The second-order valence-electron chi connectivity index (χ2n) is 6.38. The molecule has 1 heterocycles. The van der Waals surface area contributed by atoms with Crippen LogP contribution >= 0.6 is 0 Å². The van der Waals surface area contributed by atoms with E-state index in [1.807, 2.05) is 25.1 Å². The van der Waals surface area contributed by atoms with E-state index in [1.54, 1.807) is 26.2 Å². The van der Waals surface area contributed by atoms with Gasteiger partial charge in [-0.05, 0) is 44.4 Å². The number of aromatic nitrogens is 2. The summed E-state index contributed by atoms with van der Waals surface area (Å²) in [4.78, 5) is 11.4. The van der Waals surface area contributed by atoms with E-state index in [4.69, 9.17) is 4.74 Å². The van der Waals surface area contributed by atoms with Crippen molar-refractivity contribution in [1.82, 2.24) is 9.78 Å². The second-order valence-corrected chi connectivity index (χ2v) is 6.38. The summed E-state index contributed by atoms with van der Waals surface area (Å²) in [5, 5.41) is 13.5. The molecule has 0 bridgehead atoms. The number of carboxylic acid groups (broad SMARTS) is 1. The van der Waals surface area contributed by atoms with E-state index in [-0.39, 0.29) is 0 Å². The number of hydrogen-bond donors (Lipinski definition) is 1. The molecule has 0 radical (unpaired) electrons. The molecule has 0 saturated carbocycles. The molecule has 0 aliphatic carbocycles. The molecule has 0 unspecified atom stereocenters. The van der Waals surface area contributed by atoms with Crippen LogP contribution in [0.5, 0.6) is 5.75 Å². The summed E-state index contributed by atoms with van der Waals surface area (Å²) in [5.74, 6) is -0.145. The van der Waals surface area contributed by atoms with Gasteiger partial charge in [0.25, 0.3) is 0 Å². The van der Waals surface area contributed by atoms with Crippen molar-refractivity contribution < 1.29 is 14.6 Å². The summed E-state index contributed by atoms with van der Waals surface area (Å²) in [6, 6.07) is 5.90. The molecule has 0 amide bonds. The SMILES string of the molecule is C=C(C)c1ccc(-c2cnn(C(C)(C)C(=O)O)c2)cc1OCCC. The largest absolute Gasteiger partial charge is 0.493 e. The van der Waals surface area contributed by atoms with Gasteiger partial charge in [0.15, 0.2) is 5.54 Å². The Morgan fingerprint density at radius 2 is 2.08 bits per heavy atom. The van der Waals surface area contributed by atoms with Crippen LogP contribution in [-0.4, -0.2) is 27.5 Å². The summed E-state index contributed by atoms with van der Waals surface area (Å²) >= 11 is 0. The lowest BCUT2D eigenvalue weighted by Crippen LogP contribution is -2.35. The smallest absolute Gasteiger partial charge is 0.331 e. The Bertz CT molecular complexity index is 760. The second kappa shape index (κ2) is 6.91. The van der Waals surface area contributed by atoms with Gasteiger partial charge < -0.3 is 9.84 Å². The number of aliphatic carboxylic acids is 1. The summed E-state index contributed by atoms with van der Waals surface area (Å²) in [5.41, 5.74) is 2.59. The molecule has 5 heteroatoms. The lowest BCUT2D eigenvalue weighted by Gasteiger charge is -2.19. The normalized spacial score (nSPS) is 11.3. The molecule has 0 spiro atoms. The van der Waals surface area contributed by atoms with Crippen LogP contribution in [0.25, 0.3) is 16.7 Å². The van der Waals surface area contributed by atoms with Crippen LogP contribution in [-0.2, 0) is 10.3 Å². The molecule has 0 fully saturated rings. The quantitative estimate of drug-likeness (QED) is 0.827. The highest BCUT2D eigenvalue weighted by molar-refractivity contribution is 5.76. The number of rotatable bonds is 7. The van der Waals surface area contributed by atoms with Gasteiger partial charge in [0, 0.05) is 17.3 Å². The molecular weight excluding hydrogens is 304 g/mol. The van der Waals surface area contributed by atoms with E-state index < -0.39 is 11.5 Å². The van der Waals surface area contributed by atoms with Gasteiger partial charge in [0.2, 0.25) is 0 Å². The number of carboxylic acids is 1. The van der Waals surface area contributed by atoms with Crippen molar-refractivity contribution in [3.63, 3.8) is 0 Å². The average molecular weight is 328 g/mol. The molecule has 0 saturated heterocycles. The summed E-state index contributed by atoms with van der Waals surface area (Å²) in [6.07, 6.45) is 4.34. The maximum absolute atomic E-state index is 11.4. The Morgan fingerprint density at radius 3 is 2.67 bits per heavy atom. The van der Waals surface area contributed by atoms with Crippen LogP contribution in [0.2, 0.25) is 0 Å². The number of allylic oxidation sites excluding steroid dienone is 1. The zero-order valence-electron chi connectivity index (χ0n) is 14.7. The van der Waals surface area contributed by atoms with E-state index in [2.05, 4.69) is 18.6 Å². The van der Waals surface area contributed by atoms with Gasteiger partial charge >= 0.3 is 5.97 Å². The van der Waals surface area contributed by atoms with Crippen molar-refractivity contribution in [2.24, 2.45) is 0 Å². The Hall–Kier alpha value is -2.56. The molecule has 0 aliphatic heterocycles. The van der Waals surface area contributed by atoms with Crippen LogP contribution < -0.4 is 4.74 Å². The molecule has 128 valence electrons. The van der Waals surface area contributed by atoms with Gasteiger partial charge in [-0.25, -0.2) is 4.79 Å². The number of benzene rings is 1. The highest BCUT2D eigenvalue weighted by atomic mass is 16.5. The number of nitrogens with zero attached hydrogens (tertiary/aromatic N) is 2. The third-order valence-corrected chi connectivity index (χ3v) is 3.92. The van der Waals surface area contributed by atoms with Crippen molar-refractivity contribution in [2.75, 3.05) is 6.61 Å². The van der Waals surface area contributed by atoms with E-state index in [1.165, 1.54) is 4.68 Å². The van der Waals surface area contributed by atoms with Gasteiger partial charge in [0.05, 0.1) is 12.8 Å². The molecule has 5 nitrogen and oxygen atoms in total. The van der Waals surface area contributed by atoms with E-state index in [0.717, 1.165) is 34.4 Å². The topological polar surface area (TPSA) is 64.4 Å². The molecule has 2 rings (SSSR count). The first-order chi connectivity index (χ1) is 11.3. The van der Waals surface area contributed by atoms with Crippen molar-refractivity contribution >= 4 is 11.5 Å². The van der Waals surface area contributed by atoms with E-state index in [9.17, 15) is 9.90 Å². The highest BCUT2D eigenvalue weighted by Crippen LogP contribution is 2.31. The maximum Gasteiger partial charge on any atom is 0.331 e. The lowest BCUT2D eigenvalue weighted by atomic mass is 10.0. The maximum atomic E-state index is 11.4. The van der Waals surface area contributed by atoms with Crippen LogP contribution in [0.15, 0.2) is 37.2 Å². The van der Waals surface area contributed by atoms with Crippen molar-refractivity contribution in [3.05, 3.63) is 42.7 Å². The van der Waals surface area contributed by atoms with Crippen LogP contribution in [0.3, 0.4) is 0 Å². The fourth-order valence-electron chi connectivity index (χ4n) is 2.26. The first kappa shape index (κ1) is 17.8.